The minimum absolute atomic E-state index is 0.237. The number of rotatable bonds is 7. The molecule has 37 heavy (non-hydrogen) atoms. The summed E-state index contributed by atoms with van der Waals surface area (Å²) in [5, 5.41) is 18.1. The maximum atomic E-state index is 12.6. The monoisotopic (exact) mass is 541 g/mol. The maximum absolute atomic E-state index is 12.6. The SMILES string of the molecule is COc1cnccc1CNC1=C(C(=S)Nc2cccc(Cl)c2OC)C(=O)NCC1.N#CB1CCOCC1. The Labute approximate surface area is 227 Å². The minimum atomic E-state index is -0.237. The lowest BCUT2D eigenvalue weighted by atomic mass is 9.46. The van der Waals surface area contributed by atoms with Gasteiger partial charge in [-0.15, -0.1) is 0 Å². The smallest absolute Gasteiger partial charge is 0.272 e. The number of ether oxygens (including phenoxy) is 3. The number of pyridine rings is 1. The molecule has 0 unspecified atom stereocenters. The van der Waals surface area contributed by atoms with Crippen LogP contribution in [0.25, 0.3) is 0 Å². The molecule has 3 heterocycles. The summed E-state index contributed by atoms with van der Waals surface area (Å²) in [6.45, 7) is 2.82. The highest BCUT2D eigenvalue weighted by Gasteiger charge is 2.25. The van der Waals surface area contributed by atoms with E-state index in [0.717, 1.165) is 37.1 Å². The van der Waals surface area contributed by atoms with Crippen molar-refractivity contribution < 1.29 is 19.0 Å². The van der Waals surface area contributed by atoms with Crippen LogP contribution in [0, 0.1) is 11.2 Å². The summed E-state index contributed by atoms with van der Waals surface area (Å²) in [6.07, 6.45) is 5.83. The zero-order chi connectivity index (χ0) is 26.6. The lowest BCUT2D eigenvalue weighted by Gasteiger charge is -2.23. The third-order valence-electron chi connectivity index (χ3n) is 5.82. The van der Waals surface area contributed by atoms with Crippen LogP contribution >= 0.6 is 23.8 Å². The highest BCUT2D eigenvalue weighted by molar-refractivity contribution is 7.81. The molecule has 2 aliphatic rings. The molecular weight excluding hydrogens is 513 g/mol. The molecule has 0 atom stereocenters. The van der Waals surface area contributed by atoms with Crippen LogP contribution in [0.5, 0.6) is 11.5 Å². The quantitative estimate of drug-likeness (QED) is 0.357. The number of nitrogens with zero attached hydrogens (tertiary/aromatic N) is 2. The van der Waals surface area contributed by atoms with Crippen molar-refractivity contribution in [1.82, 2.24) is 15.6 Å². The van der Waals surface area contributed by atoms with E-state index >= 15 is 0 Å². The largest absolute Gasteiger partial charge is 0.495 e. The number of benzene rings is 1. The molecule has 1 amide bonds. The normalized spacial score (nSPS) is 15.0. The first-order valence-electron chi connectivity index (χ1n) is 11.8. The molecule has 0 spiro atoms. The molecule has 0 saturated carbocycles. The highest BCUT2D eigenvalue weighted by Crippen LogP contribution is 2.33. The van der Waals surface area contributed by atoms with Gasteiger partial charge in [-0.25, -0.2) is 5.26 Å². The van der Waals surface area contributed by atoms with Gasteiger partial charge < -0.3 is 30.2 Å². The van der Waals surface area contributed by atoms with E-state index in [2.05, 4.69) is 26.9 Å². The van der Waals surface area contributed by atoms with E-state index in [4.69, 9.17) is 43.3 Å². The van der Waals surface area contributed by atoms with Crippen LogP contribution < -0.4 is 25.4 Å². The van der Waals surface area contributed by atoms with Gasteiger partial charge in [0.15, 0.2) is 5.75 Å². The number of halogens is 1. The molecule has 1 aromatic heterocycles. The fourth-order valence-corrected chi connectivity index (χ4v) is 4.41. The van der Waals surface area contributed by atoms with Crippen LogP contribution in [-0.2, 0) is 16.1 Å². The van der Waals surface area contributed by atoms with Gasteiger partial charge in [0.25, 0.3) is 12.6 Å². The number of hydrogen-bond donors (Lipinski definition) is 3. The third kappa shape index (κ3) is 7.83. The van der Waals surface area contributed by atoms with E-state index in [1.54, 1.807) is 37.7 Å². The highest BCUT2D eigenvalue weighted by atomic mass is 35.5. The number of carbonyl (C=O) groups is 1. The number of thiocarbonyl (C=S) groups is 1. The number of nitriles is 1. The molecule has 1 aromatic carbocycles. The van der Waals surface area contributed by atoms with Crippen molar-refractivity contribution in [3.05, 3.63) is 58.5 Å². The molecule has 0 bridgehead atoms. The van der Waals surface area contributed by atoms with Crippen LogP contribution in [0.15, 0.2) is 47.9 Å². The molecule has 2 aliphatic heterocycles. The summed E-state index contributed by atoms with van der Waals surface area (Å²) in [7, 11) is 3.12. The van der Waals surface area contributed by atoms with Gasteiger partial charge in [0.1, 0.15) is 10.7 Å². The Bertz CT molecular complexity index is 1180. The van der Waals surface area contributed by atoms with Crippen molar-refractivity contribution in [1.29, 1.82) is 5.26 Å². The molecule has 2 aromatic rings. The van der Waals surface area contributed by atoms with Gasteiger partial charge in [-0.1, -0.05) is 29.9 Å². The van der Waals surface area contributed by atoms with Gasteiger partial charge in [-0.2, -0.15) is 0 Å². The second kappa shape index (κ2) is 14.4. The van der Waals surface area contributed by atoms with Crippen LogP contribution in [0.4, 0.5) is 5.69 Å². The first-order chi connectivity index (χ1) is 18.0. The summed E-state index contributed by atoms with van der Waals surface area (Å²) >= 11 is 11.7. The first-order valence-corrected chi connectivity index (χ1v) is 12.6. The Kier molecular flexibility index (Phi) is 11.0. The minimum Gasteiger partial charge on any atom is -0.495 e. The first kappa shape index (κ1) is 28.2. The molecule has 194 valence electrons. The van der Waals surface area contributed by atoms with Crippen molar-refractivity contribution in [3.63, 3.8) is 0 Å². The fraction of sp³-hybridized carbons (Fsp3) is 0.360. The number of para-hydroxylation sites is 1. The van der Waals surface area contributed by atoms with E-state index in [1.807, 2.05) is 6.07 Å². The predicted octanol–water partition coefficient (Wildman–Crippen LogP) is 3.63. The number of methoxy groups -OCH3 is 2. The molecule has 9 nitrogen and oxygen atoms in total. The Morgan fingerprint density at radius 2 is 2.08 bits per heavy atom. The summed E-state index contributed by atoms with van der Waals surface area (Å²) in [5.41, 5.74) is 2.66. The molecule has 12 heteroatoms. The average molecular weight is 542 g/mol. The van der Waals surface area contributed by atoms with Gasteiger partial charge in [0.2, 0.25) is 0 Å². The number of anilines is 1. The van der Waals surface area contributed by atoms with Crippen LogP contribution in [-0.4, -0.2) is 56.6 Å². The van der Waals surface area contributed by atoms with E-state index in [1.165, 1.54) is 7.11 Å². The predicted molar refractivity (Wildman–Crippen MR) is 148 cm³/mol. The molecule has 1 fully saturated rings. The molecule has 1 saturated heterocycles. The zero-order valence-electron chi connectivity index (χ0n) is 20.8. The van der Waals surface area contributed by atoms with Crippen molar-refractivity contribution in [2.24, 2.45) is 0 Å². The van der Waals surface area contributed by atoms with Crippen LogP contribution in [0.1, 0.15) is 12.0 Å². The van der Waals surface area contributed by atoms with E-state index < -0.39 is 0 Å². The summed E-state index contributed by atoms with van der Waals surface area (Å²) in [5.74, 6) is 3.12. The third-order valence-corrected chi connectivity index (χ3v) is 6.43. The molecule has 0 radical (unpaired) electrons. The maximum Gasteiger partial charge on any atom is 0.272 e. The van der Waals surface area contributed by atoms with E-state index in [9.17, 15) is 4.79 Å². The second-order valence-corrected chi connectivity index (χ2v) is 9.01. The van der Waals surface area contributed by atoms with Crippen molar-refractivity contribution >= 4 is 47.1 Å². The van der Waals surface area contributed by atoms with Gasteiger partial charge in [-0.05, 0) is 30.8 Å². The van der Waals surface area contributed by atoms with E-state index in [-0.39, 0.29) is 17.6 Å². The number of hydrogen-bond acceptors (Lipinski definition) is 8. The molecule has 4 rings (SSSR count). The van der Waals surface area contributed by atoms with Gasteiger partial charge in [0.05, 0.1) is 36.7 Å². The lowest BCUT2D eigenvalue weighted by molar-refractivity contribution is -0.117. The van der Waals surface area contributed by atoms with Gasteiger partial charge >= 0.3 is 0 Å². The number of carbonyl (C=O) groups excluding carboxylic acids is 1. The Balaban J connectivity index is 0.000000405. The van der Waals surface area contributed by atoms with Crippen LogP contribution in [0.2, 0.25) is 17.7 Å². The van der Waals surface area contributed by atoms with E-state index in [0.29, 0.717) is 47.3 Å². The molecular formula is C25H29BClN5O4S. The Hall–Kier alpha value is -3.33. The van der Waals surface area contributed by atoms with Crippen molar-refractivity contribution in [3.8, 4) is 17.5 Å². The van der Waals surface area contributed by atoms with Gasteiger partial charge in [-0.3, -0.25) is 9.78 Å². The molecule has 0 aliphatic carbocycles. The Morgan fingerprint density at radius 3 is 2.76 bits per heavy atom. The standard InChI is InChI=1S/C20H21ClN4O3S.C5H8BNO/c1-27-16-11-22-8-6-12(16)10-24-14-7-9-23-19(26)17(14)20(29)25-15-5-3-4-13(21)18(15)28-2;7-5-6-1-3-8-4-2-6/h3-6,8,11,24H,7,9-10H2,1-2H3,(H,23,26)(H,25,29);1-4H2. The number of aromatic nitrogens is 1. The second-order valence-electron chi connectivity index (χ2n) is 8.19. The molecule has 3 N–H and O–H groups in total. The van der Waals surface area contributed by atoms with Crippen molar-refractivity contribution in [2.45, 2.75) is 25.6 Å². The lowest BCUT2D eigenvalue weighted by Crippen LogP contribution is -2.39. The van der Waals surface area contributed by atoms with Crippen molar-refractivity contribution in [2.75, 3.05) is 39.3 Å². The Morgan fingerprint density at radius 1 is 1.30 bits per heavy atom. The fourth-order valence-electron chi connectivity index (χ4n) is 3.84. The average Bonchev–Trinajstić information content (AvgIpc) is 2.93. The summed E-state index contributed by atoms with van der Waals surface area (Å²) < 4.78 is 15.7. The number of amides is 1. The summed E-state index contributed by atoms with van der Waals surface area (Å²) in [6, 6.07) is 7.14. The van der Waals surface area contributed by atoms with Gasteiger partial charge in [0, 0.05) is 56.2 Å². The van der Waals surface area contributed by atoms with Crippen LogP contribution in [0.3, 0.4) is 0 Å². The zero-order valence-corrected chi connectivity index (χ0v) is 22.4. The number of nitrogens with one attached hydrogen (secondary N) is 3. The topological polar surface area (TPSA) is 118 Å². The summed E-state index contributed by atoms with van der Waals surface area (Å²) in [4.78, 5) is 16.9.